The number of hydrogen-bond donors (Lipinski definition) is 0. The summed E-state index contributed by atoms with van der Waals surface area (Å²) in [7, 11) is 0.189. The second kappa shape index (κ2) is 9.31. The number of methoxy groups -OCH3 is 1. The van der Waals surface area contributed by atoms with E-state index in [0.29, 0.717) is 35.1 Å². The van der Waals surface area contributed by atoms with Gasteiger partial charge in [-0.05, 0) is 46.2 Å². The highest BCUT2D eigenvalue weighted by Gasteiger charge is 2.32. The molecule has 176 valence electrons. The van der Waals surface area contributed by atoms with Gasteiger partial charge in [-0.2, -0.15) is 5.10 Å². The van der Waals surface area contributed by atoms with E-state index < -0.39 is 9.84 Å². The first-order chi connectivity index (χ1) is 14.9. The molecule has 32 heavy (non-hydrogen) atoms. The molecule has 2 aromatic rings. The molecule has 1 atom stereocenters. The number of ether oxygens (including phenoxy) is 2. The summed E-state index contributed by atoms with van der Waals surface area (Å²) < 4.78 is 36.7. The molecule has 0 saturated carbocycles. The Morgan fingerprint density at radius 2 is 2.03 bits per heavy atom. The largest absolute Gasteiger partial charge is 0.493 e. The lowest BCUT2D eigenvalue weighted by molar-refractivity contribution is 0.0784. The van der Waals surface area contributed by atoms with Gasteiger partial charge in [0.2, 0.25) is 0 Å². The summed E-state index contributed by atoms with van der Waals surface area (Å²) in [6, 6.07) is 3.03. The van der Waals surface area contributed by atoms with E-state index in [1.165, 1.54) is 7.11 Å². The normalized spacial score (nSPS) is 17.6. The van der Waals surface area contributed by atoms with Crippen LogP contribution in [0.4, 0.5) is 0 Å². The van der Waals surface area contributed by atoms with E-state index in [4.69, 9.17) is 21.1 Å². The van der Waals surface area contributed by atoms with Gasteiger partial charge in [0.1, 0.15) is 0 Å². The third-order valence-corrected chi connectivity index (χ3v) is 7.63. The van der Waals surface area contributed by atoms with Crippen molar-refractivity contribution in [3.05, 3.63) is 39.7 Å². The number of halogens is 1. The minimum Gasteiger partial charge on any atom is -0.493 e. The molecule has 3 rings (SSSR count). The van der Waals surface area contributed by atoms with E-state index in [1.54, 1.807) is 28.8 Å². The van der Waals surface area contributed by atoms with E-state index >= 15 is 0 Å². The standard InChI is InChI=1S/C22H30ClN3O5S/c1-13(2)31-21-19(23)9-16(10-20(21)30-6)22(27)25(5)11-18-14(3)24-26(15(18)4)17-7-8-32(28,29)12-17/h9-10,13,17H,7-8,11-12H2,1-6H3. The van der Waals surface area contributed by atoms with Crippen LogP contribution < -0.4 is 9.47 Å². The van der Waals surface area contributed by atoms with Crippen molar-refractivity contribution in [1.82, 2.24) is 14.7 Å². The minimum absolute atomic E-state index is 0.0945. The maximum atomic E-state index is 13.1. The highest BCUT2D eigenvalue weighted by molar-refractivity contribution is 7.91. The van der Waals surface area contributed by atoms with Crippen molar-refractivity contribution in [2.45, 2.75) is 52.8 Å². The Hall–Kier alpha value is -2.26. The lowest BCUT2D eigenvalue weighted by Gasteiger charge is -2.20. The molecule has 1 aliphatic rings. The van der Waals surface area contributed by atoms with Gasteiger partial charge in [-0.1, -0.05) is 11.6 Å². The molecule has 1 aromatic carbocycles. The number of aryl methyl sites for hydroxylation is 1. The second-order valence-corrected chi connectivity index (χ2v) is 11.1. The average molecular weight is 484 g/mol. The number of carbonyl (C=O) groups excluding carboxylic acids is 1. The molecular weight excluding hydrogens is 454 g/mol. The molecule has 1 saturated heterocycles. The number of carbonyl (C=O) groups is 1. The molecule has 1 aromatic heterocycles. The molecule has 1 aliphatic heterocycles. The van der Waals surface area contributed by atoms with Gasteiger partial charge in [-0.15, -0.1) is 0 Å². The Kier molecular flexibility index (Phi) is 7.09. The molecule has 1 amide bonds. The van der Waals surface area contributed by atoms with Gasteiger partial charge in [0, 0.05) is 30.4 Å². The van der Waals surface area contributed by atoms with Gasteiger partial charge in [0.15, 0.2) is 21.3 Å². The van der Waals surface area contributed by atoms with Crippen LogP contribution in [0.1, 0.15) is 53.6 Å². The van der Waals surface area contributed by atoms with Gasteiger partial charge in [-0.25, -0.2) is 8.42 Å². The van der Waals surface area contributed by atoms with Crippen LogP contribution in [-0.2, 0) is 16.4 Å². The molecular formula is C22H30ClN3O5S. The quantitative estimate of drug-likeness (QED) is 0.597. The number of amides is 1. The van der Waals surface area contributed by atoms with E-state index in [1.807, 2.05) is 27.7 Å². The molecule has 1 fully saturated rings. The predicted molar refractivity (Wildman–Crippen MR) is 124 cm³/mol. The monoisotopic (exact) mass is 483 g/mol. The van der Waals surface area contributed by atoms with Gasteiger partial charge < -0.3 is 14.4 Å². The molecule has 8 nitrogen and oxygen atoms in total. The summed E-state index contributed by atoms with van der Waals surface area (Å²) in [5.74, 6) is 0.861. The zero-order valence-corrected chi connectivity index (χ0v) is 20.9. The van der Waals surface area contributed by atoms with Gasteiger partial charge >= 0.3 is 0 Å². The van der Waals surface area contributed by atoms with Crippen molar-refractivity contribution in [2.75, 3.05) is 25.7 Å². The highest BCUT2D eigenvalue weighted by Crippen LogP contribution is 2.37. The average Bonchev–Trinajstić information content (AvgIpc) is 3.21. The van der Waals surface area contributed by atoms with E-state index in [9.17, 15) is 13.2 Å². The number of benzene rings is 1. The Bertz CT molecular complexity index is 1130. The van der Waals surface area contributed by atoms with Crippen LogP contribution in [0.25, 0.3) is 0 Å². The number of aromatic nitrogens is 2. The smallest absolute Gasteiger partial charge is 0.254 e. The van der Waals surface area contributed by atoms with Gasteiger partial charge in [0.05, 0.1) is 41.5 Å². The van der Waals surface area contributed by atoms with E-state index in [2.05, 4.69) is 5.10 Å². The van der Waals surface area contributed by atoms with Crippen LogP contribution in [0.3, 0.4) is 0 Å². The summed E-state index contributed by atoms with van der Waals surface area (Å²) in [6.45, 7) is 7.89. The van der Waals surface area contributed by atoms with Crippen molar-refractivity contribution in [2.24, 2.45) is 0 Å². The second-order valence-electron chi connectivity index (χ2n) is 8.47. The Morgan fingerprint density at radius 3 is 2.59 bits per heavy atom. The molecule has 2 heterocycles. The van der Waals surface area contributed by atoms with Gasteiger partial charge in [0.25, 0.3) is 5.91 Å². The SMILES string of the molecule is COc1cc(C(=O)N(C)Cc2c(C)nn(C3CCS(=O)(=O)C3)c2C)cc(Cl)c1OC(C)C. The predicted octanol–water partition coefficient (Wildman–Crippen LogP) is 3.58. The third-order valence-electron chi connectivity index (χ3n) is 5.60. The molecule has 0 N–H and O–H groups in total. The molecule has 1 unspecified atom stereocenters. The van der Waals surface area contributed by atoms with Crippen molar-refractivity contribution in [3.63, 3.8) is 0 Å². The summed E-state index contributed by atoms with van der Waals surface area (Å²) in [4.78, 5) is 14.7. The van der Waals surface area contributed by atoms with E-state index in [-0.39, 0.29) is 29.6 Å². The molecule has 0 bridgehead atoms. The fourth-order valence-corrected chi connectivity index (χ4v) is 5.92. The van der Waals surface area contributed by atoms with Crippen LogP contribution in [0.2, 0.25) is 5.02 Å². The van der Waals surface area contributed by atoms with E-state index in [0.717, 1.165) is 17.0 Å². The van der Waals surface area contributed by atoms with Crippen LogP contribution in [-0.4, -0.2) is 60.8 Å². The zero-order chi connectivity index (χ0) is 23.8. The van der Waals surface area contributed by atoms with Crippen LogP contribution in [0, 0.1) is 13.8 Å². The van der Waals surface area contributed by atoms with Gasteiger partial charge in [-0.3, -0.25) is 9.48 Å². The Balaban J connectivity index is 1.83. The summed E-state index contributed by atoms with van der Waals surface area (Å²) >= 11 is 6.38. The van der Waals surface area contributed by atoms with Crippen molar-refractivity contribution in [3.8, 4) is 11.5 Å². The molecule has 0 spiro atoms. The number of rotatable bonds is 7. The van der Waals surface area contributed by atoms with Crippen molar-refractivity contribution < 1.29 is 22.7 Å². The molecule has 10 heteroatoms. The first kappa shape index (κ1) is 24.4. The number of nitrogens with zero attached hydrogens (tertiary/aromatic N) is 3. The summed E-state index contributed by atoms with van der Waals surface area (Å²) in [5.41, 5.74) is 2.95. The molecule has 0 aliphatic carbocycles. The zero-order valence-electron chi connectivity index (χ0n) is 19.3. The Morgan fingerprint density at radius 1 is 1.34 bits per heavy atom. The first-order valence-corrected chi connectivity index (χ1v) is 12.7. The number of sulfone groups is 1. The van der Waals surface area contributed by atoms with Crippen LogP contribution in [0.15, 0.2) is 12.1 Å². The minimum atomic E-state index is -3.02. The summed E-state index contributed by atoms with van der Waals surface area (Å²) in [5, 5.41) is 4.88. The molecule has 0 radical (unpaired) electrons. The Labute approximate surface area is 194 Å². The maximum absolute atomic E-state index is 13.1. The fourth-order valence-electron chi connectivity index (χ4n) is 3.97. The topological polar surface area (TPSA) is 90.7 Å². The highest BCUT2D eigenvalue weighted by atomic mass is 35.5. The lowest BCUT2D eigenvalue weighted by atomic mass is 10.1. The third kappa shape index (κ3) is 5.04. The van der Waals surface area contributed by atoms with Crippen molar-refractivity contribution in [1.29, 1.82) is 0 Å². The van der Waals surface area contributed by atoms with Crippen molar-refractivity contribution >= 4 is 27.3 Å². The first-order valence-electron chi connectivity index (χ1n) is 10.5. The number of hydrogen-bond acceptors (Lipinski definition) is 6. The van der Waals surface area contributed by atoms with Crippen LogP contribution in [0.5, 0.6) is 11.5 Å². The lowest BCUT2D eigenvalue weighted by Crippen LogP contribution is -2.27. The fraction of sp³-hybridized carbons (Fsp3) is 0.545. The van der Waals surface area contributed by atoms with Crippen LogP contribution >= 0.6 is 11.6 Å². The summed E-state index contributed by atoms with van der Waals surface area (Å²) in [6.07, 6.45) is 0.463. The maximum Gasteiger partial charge on any atom is 0.254 e.